The number of hydrogen-bond donors (Lipinski definition) is 2. The summed E-state index contributed by atoms with van der Waals surface area (Å²) in [6.45, 7) is 9.43. The lowest BCUT2D eigenvalue weighted by Crippen LogP contribution is -2.15. The summed E-state index contributed by atoms with van der Waals surface area (Å²) in [6, 6.07) is 16.4. The van der Waals surface area contributed by atoms with E-state index in [1.165, 1.54) is 12.7 Å². The number of carbonyl (C=O) groups is 1. The third-order valence-electron chi connectivity index (χ3n) is 6.79. The molecule has 0 fully saturated rings. The van der Waals surface area contributed by atoms with Crippen LogP contribution in [0.2, 0.25) is 0 Å². The second-order valence-electron chi connectivity index (χ2n) is 9.79. The molecular formula is C31H37N3O3. The van der Waals surface area contributed by atoms with E-state index in [-0.39, 0.29) is 0 Å². The number of esters is 1. The van der Waals surface area contributed by atoms with Gasteiger partial charge in [-0.1, -0.05) is 57.2 Å². The van der Waals surface area contributed by atoms with Gasteiger partial charge in [-0.3, -0.25) is 4.98 Å². The van der Waals surface area contributed by atoms with Gasteiger partial charge < -0.3 is 20.2 Å². The van der Waals surface area contributed by atoms with E-state index in [0.29, 0.717) is 36.9 Å². The van der Waals surface area contributed by atoms with Crippen molar-refractivity contribution in [3.8, 4) is 16.9 Å². The normalized spacial score (nSPS) is 11.3. The number of hydrogen-bond acceptors (Lipinski definition) is 5. The zero-order valence-electron chi connectivity index (χ0n) is 22.5. The van der Waals surface area contributed by atoms with Gasteiger partial charge in [-0.2, -0.15) is 0 Å². The molecule has 0 amide bonds. The Balaban J connectivity index is 1.74. The lowest BCUT2D eigenvalue weighted by Gasteiger charge is -2.21. The van der Waals surface area contributed by atoms with E-state index in [4.69, 9.17) is 20.2 Å². The first-order chi connectivity index (χ1) is 17.9. The number of aryl methyl sites for hydroxylation is 2. The molecule has 2 aromatic carbocycles. The van der Waals surface area contributed by atoms with Crippen LogP contribution in [-0.2, 0) is 30.5 Å². The van der Waals surface area contributed by atoms with Crippen molar-refractivity contribution in [1.29, 1.82) is 0 Å². The molecule has 4 aromatic rings. The van der Waals surface area contributed by atoms with E-state index in [9.17, 15) is 4.79 Å². The number of ether oxygens (including phenoxy) is 2. The molecule has 0 spiro atoms. The highest BCUT2D eigenvalue weighted by Crippen LogP contribution is 2.34. The summed E-state index contributed by atoms with van der Waals surface area (Å²) in [5.74, 6) is 0.530. The Bertz CT molecular complexity index is 1390. The van der Waals surface area contributed by atoms with Crippen LogP contribution in [0.25, 0.3) is 22.0 Å². The Kier molecular flexibility index (Phi) is 8.29. The molecule has 3 N–H and O–H groups in total. The Morgan fingerprint density at radius 3 is 2.46 bits per heavy atom. The van der Waals surface area contributed by atoms with Crippen molar-refractivity contribution in [2.24, 2.45) is 11.7 Å². The number of pyridine rings is 1. The molecular weight excluding hydrogens is 462 g/mol. The van der Waals surface area contributed by atoms with Crippen molar-refractivity contribution in [1.82, 2.24) is 9.97 Å². The number of rotatable bonds is 10. The highest BCUT2D eigenvalue weighted by atomic mass is 16.5. The highest BCUT2D eigenvalue weighted by molar-refractivity contribution is 6.00. The van der Waals surface area contributed by atoms with Crippen LogP contribution in [0.1, 0.15) is 59.3 Å². The molecule has 0 aliphatic heterocycles. The van der Waals surface area contributed by atoms with Crippen LogP contribution in [0.3, 0.4) is 0 Å². The number of carbonyl (C=O) groups excluding carboxylic acids is 1. The lowest BCUT2D eigenvalue weighted by molar-refractivity contribution is 0.0590. The average molecular weight is 500 g/mol. The third-order valence-corrected chi connectivity index (χ3v) is 6.79. The van der Waals surface area contributed by atoms with E-state index >= 15 is 0 Å². The summed E-state index contributed by atoms with van der Waals surface area (Å²) in [5, 5.41) is 0.850. The van der Waals surface area contributed by atoms with E-state index in [1.54, 1.807) is 0 Å². The Hall–Kier alpha value is -3.64. The molecule has 0 saturated heterocycles. The topological polar surface area (TPSA) is 90.2 Å². The average Bonchev–Trinajstić information content (AvgIpc) is 3.27. The maximum absolute atomic E-state index is 12.4. The summed E-state index contributed by atoms with van der Waals surface area (Å²) in [4.78, 5) is 20.6. The predicted molar refractivity (Wildman–Crippen MR) is 149 cm³/mol. The number of H-pyrrole nitrogens is 1. The van der Waals surface area contributed by atoms with Gasteiger partial charge in [0.2, 0.25) is 0 Å². The van der Waals surface area contributed by atoms with Gasteiger partial charge in [-0.05, 0) is 65.6 Å². The number of nitrogens with two attached hydrogens (primary N) is 1. The van der Waals surface area contributed by atoms with E-state index < -0.39 is 5.97 Å². The van der Waals surface area contributed by atoms with Crippen molar-refractivity contribution < 1.29 is 14.3 Å². The van der Waals surface area contributed by atoms with Crippen molar-refractivity contribution in [3.05, 3.63) is 82.3 Å². The summed E-state index contributed by atoms with van der Waals surface area (Å²) < 4.78 is 11.3. The summed E-state index contributed by atoms with van der Waals surface area (Å²) in [5.41, 5.74) is 15.4. The molecule has 2 aromatic heterocycles. The molecule has 6 heteroatoms. The fraction of sp³-hybridized carbons (Fsp3) is 0.355. The molecule has 0 aliphatic rings. The van der Waals surface area contributed by atoms with Crippen molar-refractivity contribution >= 4 is 16.9 Å². The van der Waals surface area contributed by atoms with Crippen LogP contribution in [-0.4, -0.2) is 29.7 Å². The van der Waals surface area contributed by atoms with Crippen LogP contribution in [0, 0.1) is 12.8 Å². The van der Waals surface area contributed by atoms with Crippen molar-refractivity contribution in [3.63, 3.8) is 0 Å². The molecule has 0 saturated carbocycles. The number of aromatic nitrogens is 2. The molecule has 4 rings (SSSR count). The summed E-state index contributed by atoms with van der Waals surface area (Å²) in [7, 11) is 1.37. The van der Waals surface area contributed by atoms with Gasteiger partial charge in [0.15, 0.2) is 11.4 Å². The molecule has 2 heterocycles. The number of para-hydroxylation sites is 1. The van der Waals surface area contributed by atoms with Gasteiger partial charge in [0.1, 0.15) is 0 Å². The quantitative estimate of drug-likeness (QED) is 0.255. The first kappa shape index (κ1) is 26.4. The molecule has 0 radical (unpaired) electrons. The molecule has 37 heavy (non-hydrogen) atoms. The Morgan fingerprint density at radius 2 is 1.81 bits per heavy atom. The first-order valence-corrected chi connectivity index (χ1v) is 13.0. The highest BCUT2D eigenvalue weighted by Gasteiger charge is 2.22. The van der Waals surface area contributed by atoms with Gasteiger partial charge in [0.25, 0.3) is 0 Å². The fourth-order valence-electron chi connectivity index (χ4n) is 4.95. The van der Waals surface area contributed by atoms with Crippen LogP contribution in [0.5, 0.6) is 5.75 Å². The first-order valence-electron chi connectivity index (χ1n) is 13.0. The second kappa shape index (κ2) is 11.6. The number of nitrogens with zero attached hydrogens (tertiary/aromatic N) is 1. The minimum atomic E-state index is -0.454. The molecule has 0 aliphatic carbocycles. The summed E-state index contributed by atoms with van der Waals surface area (Å²) >= 11 is 0. The van der Waals surface area contributed by atoms with E-state index in [1.807, 2.05) is 24.3 Å². The van der Waals surface area contributed by atoms with Gasteiger partial charge in [-0.15, -0.1) is 0 Å². The number of benzene rings is 2. The van der Waals surface area contributed by atoms with Crippen LogP contribution in [0.4, 0.5) is 0 Å². The smallest absolute Gasteiger partial charge is 0.358 e. The molecule has 0 atom stereocenters. The zero-order valence-corrected chi connectivity index (χ0v) is 22.5. The van der Waals surface area contributed by atoms with Crippen LogP contribution >= 0.6 is 0 Å². The van der Waals surface area contributed by atoms with Gasteiger partial charge in [0, 0.05) is 35.3 Å². The van der Waals surface area contributed by atoms with Crippen molar-refractivity contribution in [2.45, 2.75) is 53.5 Å². The number of aromatic amines is 1. The SMILES string of the molecule is CCc1ccc(-c2c(CCOc3c(C(=O)OC)[nH]c4ccccc34)c(C)nc(CC(C)C)c2CN)cc1. The van der Waals surface area contributed by atoms with Gasteiger partial charge in [0.05, 0.1) is 13.7 Å². The van der Waals surface area contributed by atoms with E-state index in [0.717, 1.165) is 57.4 Å². The minimum absolute atomic E-state index is 0.323. The van der Waals surface area contributed by atoms with Crippen LogP contribution in [0.15, 0.2) is 48.5 Å². The monoisotopic (exact) mass is 499 g/mol. The standard InChI is InChI=1S/C31H37N3O3/c1-6-21-11-13-22(14-12-21)28-23(20(4)33-27(17-19(2)3)25(28)18-32)15-16-37-30-24-9-7-8-10-26(24)34-29(30)31(35)36-5/h7-14,19,34H,6,15-18,32H2,1-5H3. The Labute approximate surface area is 219 Å². The summed E-state index contributed by atoms with van der Waals surface area (Å²) in [6.07, 6.45) is 2.49. The zero-order chi connectivity index (χ0) is 26.5. The fourth-order valence-corrected chi connectivity index (χ4v) is 4.95. The second-order valence-corrected chi connectivity index (χ2v) is 9.79. The largest absolute Gasteiger partial charge is 0.490 e. The number of nitrogens with one attached hydrogen (secondary N) is 1. The predicted octanol–water partition coefficient (Wildman–Crippen LogP) is 6.17. The molecule has 0 bridgehead atoms. The molecule has 0 unspecified atom stereocenters. The maximum Gasteiger partial charge on any atom is 0.358 e. The van der Waals surface area contributed by atoms with Crippen LogP contribution < -0.4 is 10.5 Å². The van der Waals surface area contributed by atoms with Crippen molar-refractivity contribution in [2.75, 3.05) is 13.7 Å². The Morgan fingerprint density at radius 1 is 1.08 bits per heavy atom. The number of methoxy groups -OCH3 is 1. The molecule has 6 nitrogen and oxygen atoms in total. The van der Waals surface area contributed by atoms with Gasteiger partial charge in [-0.25, -0.2) is 4.79 Å². The van der Waals surface area contributed by atoms with Gasteiger partial charge >= 0.3 is 5.97 Å². The molecule has 194 valence electrons. The van der Waals surface area contributed by atoms with E-state index in [2.05, 4.69) is 56.9 Å². The maximum atomic E-state index is 12.4. The number of fused-ring (bicyclic) bond motifs is 1. The minimum Gasteiger partial charge on any atom is -0.490 e. The third kappa shape index (κ3) is 5.54. The lowest BCUT2D eigenvalue weighted by atomic mass is 9.88.